The molecule has 0 saturated heterocycles. The largest absolute Gasteiger partial charge is 0.493 e. The van der Waals surface area contributed by atoms with Gasteiger partial charge in [-0.15, -0.1) is 0 Å². The minimum Gasteiger partial charge on any atom is -0.493 e. The Bertz CT molecular complexity index is 1130. The number of aryl methyl sites for hydroxylation is 1. The van der Waals surface area contributed by atoms with Crippen molar-refractivity contribution in [3.63, 3.8) is 0 Å². The van der Waals surface area contributed by atoms with Gasteiger partial charge in [-0.2, -0.15) is 0 Å². The Hall–Kier alpha value is -3.55. The number of aromatic nitrogens is 1. The minimum absolute atomic E-state index is 0.205. The van der Waals surface area contributed by atoms with Crippen molar-refractivity contribution in [2.45, 2.75) is 26.4 Å². The van der Waals surface area contributed by atoms with Gasteiger partial charge in [0.15, 0.2) is 17.2 Å². The molecule has 0 fully saturated rings. The van der Waals surface area contributed by atoms with Crippen LogP contribution in [0.3, 0.4) is 0 Å². The van der Waals surface area contributed by atoms with Gasteiger partial charge in [-0.3, -0.25) is 4.79 Å². The van der Waals surface area contributed by atoms with Crippen molar-refractivity contribution >= 4 is 16.9 Å². The number of carbonyl (C=O) groups is 1. The van der Waals surface area contributed by atoms with E-state index in [0.29, 0.717) is 28.8 Å². The normalized spacial score (nSPS) is 11.8. The van der Waals surface area contributed by atoms with Gasteiger partial charge in [-0.1, -0.05) is 12.1 Å². The maximum absolute atomic E-state index is 13.1. The smallest absolute Gasteiger partial charge is 0.413 e. The molecule has 1 heterocycles. The third-order valence-electron chi connectivity index (χ3n) is 4.80. The number of nitrogens with zero attached hydrogens (tertiary/aromatic N) is 1. The number of benzene rings is 2. The summed E-state index contributed by atoms with van der Waals surface area (Å²) >= 11 is 0. The van der Waals surface area contributed by atoms with E-state index in [2.05, 4.69) is 5.32 Å². The first-order valence-corrected chi connectivity index (χ1v) is 9.40. The molecule has 158 valence electrons. The van der Waals surface area contributed by atoms with Crippen molar-refractivity contribution in [3.05, 3.63) is 64.3 Å². The quantitative estimate of drug-likeness (QED) is 0.659. The van der Waals surface area contributed by atoms with Crippen molar-refractivity contribution in [1.82, 2.24) is 9.88 Å². The standard InChI is InChI=1S/C22H23FN2O5/c1-5-25-12-20(16-10-18(28-3)19(29-4)11-17(16)21(25)26)30-22(27)24-13(2)14-6-8-15(23)9-7-14/h6-13H,5H2,1-4H3,(H,24,27)/t13-/m0/s1. The number of pyridine rings is 1. The minimum atomic E-state index is -0.704. The summed E-state index contributed by atoms with van der Waals surface area (Å²) in [6.45, 7) is 3.97. The van der Waals surface area contributed by atoms with Gasteiger partial charge in [-0.05, 0) is 43.7 Å². The van der Waals surface area contributed by atoms with Crippen molar-refractivity contribution in [2.75, 3.05) is 14.2 Å². The highest BCUT2D eigenvalue weighted by molar-refractivity contribution is 5.92. The van der Waals surface area contributed by atoms with E-state index < -0.39 is 12.1 Å². The molecule has 0 aliphatic rings. The highest BCUT2D eigenvalue weighted by atomic mass is 19.1. The zero-order valence-electron chi connectivity index (χ0n) is 17.2. The third kappa shape index (κ3) is 4.22. The number of hydrogen-bond acceptors (Lipinski definition) is 5. The zero-order valence-corrected chi connectivity index (χ0v) is 17.2. The average molecular weight is 414 g/mol. The van der Waals surface area contributed by atoms with Crippen LogP contribution in [0, 0.1) is 5.82 Å². The van der Waals surface area contributed by atoms with E-state index in [4.69, 9.17) is 14.2 Å². The van der Waals surface area contributed by atoms with Crippen molar-refractivity contribution < 1.29 is 23.4 Å². The van der Waals surface area contributed by atoms with Crippen LogP contribution in [0.4, 0.5) is 9.18 Å². The fourth-order valence-corrected chi connectivity index (χ4v) is 3.14. The number of amides is 1. The van der Waals surface area contributed by atoms with E-state index in [9.17, 15) is 14.0 Å². The molecule has 0 spiro atoms. The Morgan fingerprint density at radius 2 is 1.67 bits per heavy atom. The van der Waals surface area contributed by atoms with Crippen LogP contribution < -0.4 is 25.1 Å². The van der Waals surface area contributed by atoms with Gasteiger partial charge in [0, 0.05) is 11.9 Å². The predicted octanol–water partition coefficient (Wildman–Crippen LogP) is 4.03. The van der Waals surface area contributed by atoms with E-state index >= 15 is 0 Å². The molecule has 1 N–H and O–H groups in total. The maximum Gasteiger partial charge on any atom is 0.413 e. The summed E-state index contributed by atoms with van der Waals surface area (Å²) < 4.78 is 30.7. The molecule has 1 aromatic heterocycles. The molecule has 0 unspecified atom stereocenters. The van der Waals surface area contributed by atoms with E-state index in [1.807, 2.05) is 6.92 Å². The number of carbonyl (C=O) groups excluding carboxylic acids is 1. The van der Waals surface area contributed by atoms with Crippen molar-refractivity contribution in [3.8, 4) is 17.2 Å². The zero-order chi connectivity index (χ0) is 21.8. The summed E-state index contributed by atoms with van der Waals surface area (Å²) in [5, 5.41) is 3.47. The van der Waals surface area contributed by atoms with Crippen LogP contribution in [-0.2, 0) is 6.54 Å². The van der Waals surface area contributed by atoms with Crippen LogP contribution >= 0.6 is 0 Å². The second kappa shape index (κ2) is 8.86. The molecule has 0 saturated carbocycles. The van der Waals surface area contributed by atoms with Gasteiger partial charge < -0.3 is 24.1 Å². The topological polar surface area (TPSA) is 78.8 Å². The number of halogens is 1. The lowest BCUT2D eigenvalue weighted by atomic mass is 10.1. The summed E-state index contributed by atoms with van der Waals surface area (Å²) in [6.07, 6.45) is 0.780. The monoisotopic (exact) mass is 414 g/mol. The Morgan fingerprint density at radius 3 is 2.23 bits per heavy atom. The first-order chi connectivity index (χ1) is 14.4. The summed E-state index contributed by atoms with van der Waals surface area (Å²) in [6, 6.07) is 8.58. The lowest BCUT2D eigenvalue weighted by Crippen LogP contribution is -2.30. The lowest BCUT2D eigenvalue weighted by Gasteiger charge is -2.17. The lowest BCUT2D eigenvalue weighted by molar-refractivity contribution is 0.197. The van der Waals surface area contributed by atoms with E-state index in [-0.39, 0.29) is 17.1 Å². The molecule has 30 heavy (non-hydrogen) atoms. The molecular weight excluding hydrogens is 391 g/mol. The van der Waals surface area contributed by atoms with Gasteiger partial charge in [0.1, 0.15) is 5.82 Å². The highest BCUT2D eigenvalue weighted by Crippen LogP contribution is 2.35. The first-order valence-electron chi connectivity index (χ1n) is 9.40. The van der Waals surface area contributed by atoms with Gasteiger partial charge in [0.2, 0.25) is 0 Å². The van der Waals surface area contributed by atoms with Crippen LogP contribution in [0.25, 0.3) is 10.8 Å². The van der Waals surface area contributed by atoms with E-state index in [0.717, 1.165) is 5.56 Å². The molecule has 8 heteroatoms. The summed E-state index contributed by atoms with van der Waals surface area (Å²) in [5.41, 5.74) is 0.490. The molecule has 0 aliphatic carbocycles. The Labute approximate surface area is 173 Å². The van der Waals surface area contributed by atoms with Crippen LogP contribution in [0.15, 0.2) is 47.4 Å². The summed E-state index contributed by atoms with van der Waals surface area (Å²) in [4.78, 5) is 25.3. The number of methoxy groups -OCH3 is 2. The Kier molecular flexibility index (Phi) is 6.25. The number of hydrogen-bond donors (Lipinski definition) is 1. The summed E-state index contributed by atoms with van der Waals surface area (Å²) in [7, 11) is 2.96. The average Bonchev–Trinajstić information content (AvgIpc) is 2.75. The summed E-state index contributed by atoms with van der Waals surface area (Å²) in [5.74, 6) is 0.655. The number of fused-ring (bicyclic) bond motifs is 1. The molecule has 7 nitrogen and oxygen atoms in total. The van der Waals surface area contributed by atoms with Crippen LogP contribution in [-0.4, -0.2) is 24.9 Å². The van der Waals surface area contributed by atoms with Crippen LogP contribution in [0.1, 0.15) is 25.5 Å². The van der Waals surface area contributed by atoms with Crippen molar-refractivity contribution in [1.29, 1.82) is 0 Å². The number of rotatable bonds is 6. The SMILES string of the molecule is CCn1cc(OC(=O)N[C@@H](C)c2ccc(F)cc2)c2cc(OC)c(OC)cc2c1=O. The van der Waals surface area contributed by atoms with Crippen LogP contribution in [0.5, 0.6) is 17.2 Å². The molecule has 1 atom stereocenters. The second-order valence-corrected chi connectivity index (χ2v) is 6.64. The molecule has 0 bridgehead atoms. The molecular formula is C22H23FN2O5. The van der Waals surface area contributed by atoms with Gasteiger partial charge in [0.25, 0.3) is 5.56 Å². The van der Waals surface area contributed by atoms with Gasteiger partial charge in [0.05, 0.1) is 31.8 Å². The fraction of sp³-hybridized carbons (Fsp3) is 0.273. The Balaban J connectivity index is 1.96. The third-order valence-corrected chi connectivity index (χ3v) is 4.80. The molecule has 2 aromatic carbocycles. The molecule has 0 aliphatic heterocycles. The van der Waals surface area contributed by atoms with Gasteiger partial charge in [-0.25, -0.2) is 9.18 Å². The molecule has 3 aromatic rings. The predicted molar refractivity (Wildman–Crippen MR) is 111 cm³/mol. The fourth-order valence-electron chi connectivity index (χ4n) is 3.14. The number of nitrogens with one attached hydrogen (secondary N) is 1. The van der Waals surface area contributed by atoms with E-state index in [1.54, 1.807) is 31.2 Å². The van der Waals surface area contributed by atoms with Crippen molar-refractivity contribution in [2.24, 2.45) is 0 Å². The highest BCUT2D eigenvalue weighted by Gasteiger charge is 2.18. The van der Waals surface area contributed by atoms with E-state index in [1.165, 1.54) is 37.1 Å². The number of ether oxygens (including phenoxy) is 3. The van der Waals surface area contributed by atoms with Crippen LogP contribution in [0.2, 0.25) is 0 Å². The molecule has 0 radical (unpaired) electrons. The molecule has 3 rings (SSSR count). The first kappa shape index (κ1) is 21.2. The second-order valence-electron chi connectivity index (χ2n) is 6.64. The van der Waals surface area contributed by atoms with Gasteiger partial charge >= 0.3 is 6.09 Å². The Morgan fingerprint density at radius 1 is 1.07 bits per heavy atom. The maximum atomic E-state index is 13.1. The molecule has 1 amide bonds.